The van der Waals surface area contributed by atoms with Crippen molar-refractivity contribution in [1.82, 2.24) is 0 Å². The molecule has 0 amide bonds. The number of hydrogen-bond donors (Lipinski definition) is 1. The molecule has 2 nitrogen and oxygen atoms in total. The number of nitrogen functional groups attached to an aromatic ring is 1. The minimum absolute atomic E-state index is 0. The maximum atomic E-state index is 12.7. The molecule has 0 aromatic heterocycles. The zero-order valence-corrected chi connectivity index (χ0v) is 7.32. The molecule has 0 radical (unpaired) electrons. The minimum Gasteiger partial charge on any atom is -0.398 e. The van der Waals surface area contributed by atoms with Crippen LogP contribution in [0.4, 0.5) is 10.1 Å². The molecular formula is C8H9ClFNO. The molecule has 0 heterocycles. The fourth-order valence-electron chi connectivity index (χ4n) is 0.821. The predicted octanol–water partition coefficient (Wildman–Crippen LogP) is 1.95. The van der Waals surface area contributed by atoms with Crippen LogP contribution < -0.4 is 5.73 Å². The minimum atomic E-state index is -0.381. The van der Waals surface area contributed by atoms with Crippen molar-refractivity contribution in [3.8, 4) is 0 Å². The van der Waals surface area contributed by atoms with Crippen molar-refractivity contribution < 1.29 is 9.18 Å². The molecule has 0 atom stereocenters. The Hall–Kier alpha value is -1.09. The monoisotopic (exact) mass is 189 g/mol. The first-order chi connectivity index (χ1) is 5.15. The number of carbonyl (C=O) groups is 1. The topological polar surface area (TPSA) is 43.1 Å². The van der Waals surface area contributed by atoms with Gasteiger partial charge in [-0.3, -0.25) is 4.79 Å². The SMILES string of the molecule is Cc1cc(C=O)c(N)cc1F.Cl. The Morgan fingerprint density at radius 3 is 2.58 bits per heavy atom. The van der Waals surface area contributed by atoms with Crippen LogP contribution in [0.5, 0.6) is 0 Å². The van der Waals surface area contributed by atoms with Gasteiger partial charge in [-0.05, 0) is 24.6 Å². The highest BCUT2D eigenvalue weighted by Crippen LogP contribution is 2.15. The third-order valence-electron chi connectivity index (χ3n) is 1.49. The van der Waals surface area contributed by atoms with E-state index in [2.05, 4.69) is 0 Å². The Morgan fingerprint density at radius 1 is 1.50 bits per heavy atom. The van der Waals surface area contributed by atoms with Crippen molar-refractivity contribution in [2.24, 2.45) is 0 Å². The standard InChI is InChI=1S/C8H8FNO.ClH/c1-5-2-6(4-11)8(10)3-7(5)9;/h2-4H,10H2,1H3;1H. The van der Waals surface area contributed by atoms with Crippen LogP contribution in [0.15, 0.2) is 12.1 Å². The molecule has 0 bridgehead atoms. The highest BCUT2D eigenvalue weighted by atomic mass is 35.5. The molecule has 0 fully saturated rings. The van der Waals surface area contributed by atoms with Gasteiger partial charge in [0.2, 0.25) is 0 Å². The summed E-state index contributed by atoms with van der Waals surface area (Å²) in [6.07, 6.45) is 0.613. The number of aryl methyl sites for hydroxylation is 1. The van der Waals surface area contributed by atoms with E-state index >= 15 is 0 Å². The van der Waals surface area contributed by atoms with Gasteiger partial charge in [0.05, 0.1) is 0 Å². The quantitative estimate of drug-likeness (QED) is 0.542. The molecule has 1 rings (SSSR count). The van der Waals surface area contributed by atoms with E-state index < -0.39 is 0 Å². The summed E-state index contributed by atoms with van der Waals surface area (Å²) in [6.45, 7) is 1.59. The van der Waals surface area contributed by atoms with Gasteiger partial charge in [0.25, 0.3) is 0 Å². The molecule has 66 valence electrons. The Balaban J connectivity index is 0.00000121. The molecule has 4 heteroatoms. The highest BCUT2D eigenvalue weighted by Gasteiger charge is 2.02. The van der Waals surface area contributed by atoms with E-state index in [0.717, 1.165) is 6.07 Å². The molecule has 1 aromatic carbocycles. The van der Waals surface area contributed by atoms with Crippen LogP contribution in [0, 0.1) is 12.7 Å². The maximum absolute atomic E-state index is 12.7. The molecule has 0 saturated heterocycles. The van der Waals surface area contributed by atoms with Crippen molar-refractivity contribution >= 4 is 24.4 Å². The largest absolute Gasteiger partial charge is 0.398 e. The van der Waals surface area contributed by atoms with Gasteiger partial charge in [-0.25, -0.2) is 4.39 Å². The lowest BCUT2D eigenvalue weighted by molar-refractivity contribution is 0.112. The maximum Gasteiger partial charge on any atom is 0.152 e. The van der Waals surface area contributed by atoms with Gasteiger partial charge in [0.15, 0.2) is 6.29 Å². The van der Waals surface area contributed by atoms with Gasteiger partial charge in [-0.2, -0.15) is 0 Å². The Kier molecular flexibility index (Phi) is 3.70. The molecule has 0 aliphatic rings. The summed E-state index contributed by atoms with van der Waals surface area (Å²) in [4.78, 5) is 10.3. The van der Waals surface area contributed by atoms with E-state index in [-0.39, 0.29) is 23.9 Å². The average Bonchev–Trinajstić information content (AvgIpc) is 1.97. The van der Waals surface area contributed by atoms with Crippen molar-refractivity contribution in [3.63, 3.8) is 0 Å². The molecule has 2 N–H and O–H groups in total. The Morgan fingerprint density at radius 2 is 2.08 bits per heavy atom. The molecule has 0 spiro atoms. The van der Waals surface area contributed by atoms with Crippen LogP contribution in [0.1, 0.15) is 15.9 Å². The van der Waals surface area contributed by atoms with Crippen LogP contribution in [0.3, 0.4) is 0 Å². The van der Waals surface area contributed by atoms with E-state index in [9.17, 15) is 9.18 Å². The number of carbonyl (C=O) groups excluding carboxylic acids is 1. The summed E-state index contributed by atoms with van der Waals surface area (Å²) in [5.41, 5.74) is 6.28. The van der Waals surface area contributed by atoms with Crippen LogP contribution in [0.25, 0.3) is 0 Å². The first kappa shape index (κ1) is 10.9. The van der Waals surface area contributed by atoms with E-state index in [1.165, 1.54) is 6.07 Å². The van der Waals surface area contributed by atoms with E-state index in [4.69, 9.17) is 5.73 Å². The second kappa shape index (κ2) is 4.07. The van der Waals surface area contributed by atoms with Crippen molar-refractivity contribution in [2.45, 2.75) is 6.92 Å². The van der Waals surface area contributed by atoms with E-state index in [1.54, 1.807) is 6.92 Å². The van der Waals surface area contributed by atoms with Gasteiger partial charge in [-0.15, -0.1) is 12.4 Å². The van der Waals surface area contributed by atoms with Gasteiger partial charge in [0, 0.05) is 11.3 Å². The molecule has 1 aromatic rings. The first-order valence-electron chi connectivity index (χ1n) is 3.16. The molecule has 12 heavy (non-hydrogen) atoms. The summed E-state index contributed by atoms with van der Waals surface area (Å²) in [5, 5.41) is 0. The van der Waals surface area contributed by atoms with Crippen LogP contribution in [-0.4, -0.2) is 6.29 Å². The van der Waals surface area contributed by atoms with Crippen LogP contribution >= 0.6 is 12.4 Å². The van der Waals surface area contributed by atoms with Crippen molar-refractivity contribution in [3.05, 3.63) is 29.1 Å². The Bertz CT molecular complexity index is 301. The zero-order valence-electron chi connectivity index (χ0n) is 6.50. The number of benzene rings is 1. The summed E-state index contributed by atoms with van der Waals surface area (Å²) in [6, 6.07) is 2.58. The number of rotatable bonds is 1. The van der Waals surface area contributed by atoms with E-state index in [0.29, 0.717) is 17.4 Å². The number of nitrogens with two attached hydrogens (primary N) is 1. The van der Waals surface area contributed by atoms with E-state index in [1.807, 2.05) is 0 Å². The number of anilines is 1. The number of halogens is 2. The van der Waals surface area contributed by atoms with Crippen molar-refractivity contribution in [2.75, 3.05) is 5.73 Å². The molecule has 0 aliphatic carbocycles. The normalized spacial score (nSPS) is 8.83. The van der Waals surface area contributed by atoms with Crippen LogP contribution in [-0.2, 0) is 0 Å². The summed E-state index contributed by atoms with van der Waals surface area (Å²) in [7, 11) is 0. The lowest BCUT2D eigenvalue weighted by atomic mass is 10.1. The lowest BCUT2D eigenvalue weighted by Crippen LogP contribution is -1.95. The fourth-order valence-corrected chi connectivity index (χ4v) is 0.821. The zero-order chi connectivity index (χ0) is 8.43. The third-order valence-corrected chi connectivity index (χ3v) is 1.49. The summed E-state index contributed by atoms with van der Waals surface area (Å²) >= 11 is 0. The second-order valence-electron chi connectivity index (χ2n) is 2.35. The van der Waals surface area contributed by atoms with Crippen LogP contribution in [0.2, 0.25) is 0 Å². The second-order valence-corrected chi connectivity index (χ2v) is 2.35. The summed E-state index contributed by atoms with van der Waals surface area (Å²) in [5.74, 6) is -0.381. The molecule has 0 saturated carbocycles. The average molecular weight is 190 g/mol. The molecule has 0 unspecified atom stereocenters. The smallest absolute Gasteiger partial charge is 0.152 e. The molecular weight excluding hydrogens is 181 g/mol. The predicted molar refractivity (Wildman–Crippen MR) is 48.2 cm³/mol. The van der Waals surface area contributed by atoms with Gasteiger partial charge < -0.3 is 5.73 Å². The van der Waals surface area contributed by atoms with Gasteiger partial charge in [0.1, 0.15) is 5.82 Å². The number of hydrogen-bond acceptors (Lipinski definition) is 2. The first-order valence-corrected chi connectivity index (χ1v) is 3.16. The lowest BCUT2D eigenvalue weighted by Gasteiger charge is -2.00. The Labute approximate surface area is 76.0 Å². The third kappa shape index (κ3) is 1.95. The van der Waals surface area contributed by atoms with Gasteiger partial charge in [-0.1, -0.05) is 0 Å². The van der Waals surface area contributed by atoms with Gasteiger partial charge >= 0.3 is 0 Å². The highest BCUT2D eigenvalue weighted by molar-refractivity contribution is 5.85. The van der Waals surface area contributed by atoms with Crippen molar-refractivity contribution in [1.29, 1.82) is 0 Å². The molecule has 0 aliphatic heterocycles. The number of aldehydes is 1. The fraction of sp³-hybridized carbons (Fsp3) is 0.125. The summed E-state index contributed by atoms with van der Waals surface area (Å²) < 4.78 is 12.7.